The monoisotopic (exact) mass is 428 g/mol. The molecule has 2 atom stereocenters. The van der Waals surface area contributed by atoms with E-state index in [9.17, 15) is 14.4 Å². The van der Waals surface area contributed by atoms with E-state index in [4.69, 9.17) is 15.0 Å². The number of para-hydroxylation sites is 1. The van der Waals surface area contributed by atoms with Crippen LogP contribution in [0.15, 0.2) is 24.4 Å². The Bertz CT molecular complexity index is 991. The van der Waals surface area contributed by atoms with Gasteiger partial charge in [-0.25, -0.2) is 4.79 Å². The van der Waals surface area contributed by atoms with E-state index in [2.05, 4.69) is 15.1 Å². The van der Waals surface area contributed by atoms with E-state index in [-0.39, 0.29) is 18.9 Å². The Labute approximate surface area is 180 Å². The molecule has 9 nitrogen and oxygen atoms in total. The maximum absolute atomic E-state index is 12.9. The highest BCUT2D eigenvalue weighted by atomic mass is 16.5. The Morgan fingerprint density at radius 3 is 2.68 bits per heavy atom. The van der Waals surface area contributed by atoms with Crippen LogP contribution in [0.5, 0.6) is 0 Å². The fraction of sp³-hybridized carbons (Fsp3) is 0.455. The zero-order chi connectivity index (χ0) is 23.0. The van der Waals surface area contributed by atoms with Crippen molar-refractivity contribution >= 4 is 34.8 Å². The number of hydrogen-bond acceptors (Lipinski definition) is 5. The molecule has 2 N–H and O–H groups in total. The van der Waals surface area contributed by atoms with Crippen LogP contribution in [-0.2, 0) is 30.3 Å². The molecule has 166 valence electrons. The number of aryl methyl sites for hydroxylation is 1. The zero-order valence-corrected chi connectivity index (χ0v) is 18.2. The normalized spacial score (nSPS) is 12.8. The summed E-state index contributed by atoms with van der Waals surface area (Å²) >= 11 is 0. The Balaban J connectivity index is 2.14. The number of methoxy groups -OCH3 is 1. The molecule has 0 saturated heterocycles. The van der Waals surface area contributed by atoms with Crippen molar-refractivity contribution in [2.24, 2.45) is 0 Å². The molecule has 0 spiro atoms. The first kappa shape index (κ1) is 24.0. The van der Waals surface area contributed by atoms with E-state index in [0.717, 1.165) is 28.2 Å². The van der Waals surface area contributed by atoms with Gasteiger partial charge < -0.3 is 25.3 Å². The summed E-state index contributed by atoms with van der Waals surface area (Å²) < 4.78 is 10.6. The Morgan fingerprint density at radius 1 is 1.29 bits per heavy atom. The largest absolute Gasteiger partial charge is 0.461 e. The maximum Gasteiger partial charge on any atom is 0.328 e. The Hall–Kier alpha value is -3.29. The van der Waals surface area contributed by atoms with Gasteiger partial charge in [0.15, 0.2) is 0 Å². The van der Waals surface area contributed by atoms with Gasteiger partial charge in [-0.15, -0.1) is 0 Å². The number of nitrogens with zero attached hydrogens (tertiary/aromatic N) is 2. The molecule has 1 amide bonds. The van der Waals surface area contributed by atoms with Crippen LogP contribution in [-0.4, -0.2) is 59.0 Å². The fourth-order valence-electron chi connectivity index (χ4n) is 3.26. The van der Waals surface area contributed by atoms with Crippen molar-refractivity contribution in [3.8, 4) is 0 Å². The van der Waals surface area contributed by atoms with Crippen molar-refractivity contribution in [1.82, 2.24) is 10.3 Å². The van der Waals surface area contributed by atoms with Gasteiger partial charge in [0, 0.05) is 37.1 Å². The first-order valence-corrected chi connectivity index (χ1v) is 10.1. The molecule has 0 saturated carbocycles. The first-order valence-electron chi connectivity index (χ1n) is 10.1. The lowest BCUT2D eigenvalue weighted by molar-refractivity contribution is -0.152. The van der Waals surface area contributed by atoms with Crippen molar-refractivity contribution in [3.05, 3.63) is 41.1 Å². The van der Waals surface area contributed by atoms with Crippen LogP contribution in [0.4, 0.5) is 0 Å². The molecule has 9 heteroatoms. The second-order valence-corrected chi connectivity index (χ2v) is 7.54. The summed E-state index contributed by atoms with van der Waals surface area (Å²) in [6.45, 7) is 5.38. The van der Waals surface area contributed by atoms with E-state index in [1.165, 1.54) is 7.11 Å². The van der Waals surface area contributed by atoms with Gasteiger partial charge in [0.05, 0.1) is 6.10 Å². The molecule has 0 radical (unpaired) electrons. The number of nitrogens with one attached hydrogen (secondary N) is 2. The number of hydrogen-bond donors (Lipinski definition) is 2. The third-order valence-corrected chi connectivity index (χ3v) is 4.83. The Kier molecular flexibility index (Phi) is 8.66. The third kappa shape index (κ3) is 6.60. The SMILES string of the molecule is CO[C@@H](Cc1c[nH]c2c(C)cccc12)C(=O)N[C@@H](CCC(=O)C=[N+]=[N-])C(=O)OC(C)C. The number of benzene rings is 1. The van der Waals surface area contributed by atoms with Gasteiger partial charge in [-0.05, 0) is 38.3 Å². The van der Waals surface area contributed by atoms with Crippen molar-refractivity contribution in [2.45, 2.75) is 58.3 Å². The van der Waals surface area contributed by atoms with E-state index in [1.807, 2.05) is 31.3 Å². The zero-order valence-electron chi connectivity index (χ0n) is 18.2. The molecular formula is C22H28N4O5. The van der Waals surface area contributed by atoms with Crippen LogP contribution < -0.4 is 5.32 Å². The molecule has 0 aliphatic heterocycles. The minimum atomic E-state index is -1.03. The highest BCUT2D eigenvalue weighted by Gasteiger charge is 2.28. The number of fused-ring (bicyclic) bond motifs is 1. The summed E-state index contributed by atoms with van der Waals surface area (Å²) in [5.74, 6) is -1.61. The van der Waals surface area contributed by atoms with Crippen LogP contribution in [0, 0.1) is 6.92 Å². The third-order valence-electron chi connectivity index (χ3n) is 4.83. The molecule has 0 unspecified atom stereocenters. The number of ether oxygens (including phenoxy) is 2. The highest BCUT2D eigenvalue weighted by Crippen LogP contribution is 2.23. The number of rotatable bonds is 11. The lowest BCUT2D eigenvalue weighted by atomic mass is 10.0. The lowest BCUT2D eigenvalue weighted by Crippen LogP contribution is -2.48. The summed E-state index contributed by atoms with van der Waals surface area (Å²) in [6.07, 6.45) is 1.58. The molecule has 0 aliphatic carbocycles. The number of carbonyl (C=O) groups is 3. The van der Waals surface area contributed by atoms with Crippen LogP contribution in [0.2, 0.25) is 0 Å². The van der Waals surface area contributed by atoms with Crippen molar-refractivity contribution in [2.75, 3.05) is 7.11 Å². The summed E-state index contributed by atoms with van der Waals surface area (Å²) in [5.41, 5.74) is 11.5. The number of esters is 1. The van der Waals surface area contributed by atoms with Gasteiger partial charge in [0.2, 0.25) is 11.7 Å². The van der Waals surface area contributed by atoms with E-state index < -0.39 is 29.8 Å². The molecule has 0 bridgehead atoms. The molecular weight excluding hydrogens is 400 g/mol. The number of aromatic amines is 1. The first-order chi connectivity index (χ1) is 14.8. The topological polar surface area (TPSA) is 134 Å². The van der Waals surface area contributed by atoms with Gasteiger partial charge in [0.25, 0.3) is 0 Å². The number of H-pyrrole nitrogens is 1. The van der Waals surface area contributed by atoms with Gasteiger partial charge in [-0.2, -0.15) is 4.79 Å². The number of amides is 1. The van der Waals surface area contributed by atoms with E-state index >= 15 is 0 Å². The number of carbonyl (C=O) groups excluding carboxylic acids is 3. The maximum atomic E-state index is 12.9. The predicted molar refractivity (Wildman–Crippen MR) is 115 cm³/mol. The molecule has 1 aromatic heterocycles. The quantitative estimate of drug-likeness (QED) is 0.245. The van der Waals surface area contributed by atoms with Crippen LogP contribution >= 0.6 is 0 Å². The van der Waals surface area contributed by atoms with Crippen molar-refractivity contribution in [3.63, 3.8) is 0 Å². The average Bonchev–Trinajstić information content (AvgIpc) is 3.12. The summed E-state index contributed by atoms with van der Waals surface area (Å²) in [4.78, 5) is 42.8. The number of aromatic nitrogens is 1. The predicted octanol–water partition coefficient (Wildman–Crippen LogP) is 2.12. The second-order valence-electron chi connectivity index (χ2n) is 7.54. The van der Waals surface area contributed by atoms with Crippen molar-refractivity contribution in [1.29, 1.82) is 0 Å². The number of ketones is 1. The minimum absolute atomic E-state index is 0.00482. The lowest BCUT2D eigenvalue weighted by Gasteiger charge is -2.21. The molecule has 31 heavy (non-hydrogen) atoms. The smallest absolute Gasteiger partial charge is 0.328 e. The second kappa shape index (κ2) is 11.2. The summed E-state index contributed by atoms with van der Waals surface area (Å²) in [5, 5.41) is 3.63. The van der Waals surface area contributed by atoms with Crippen molar-refractivity contribution < 1.29 is 28.6 Å². The summed E-state index contributed by atoms with van der Waals surface area (Å²) in [6, 6.07) is 4.88. The molecule has 0 aliphatic rings. The molecule has 0 fully saturated rings. The fourth-order valence-corrected chi connectivity index (χ4v) is 3.26. The number of Topliss-reactive ketones (excluding diaryl/α,β-unsaturated/α-hetero) is 1. The van der Waals surface area contributed by atoms with Gasteiger partial charge >= 0.3 is 12.2 Å². The standard InChI is InChI=1S/C22H28N4O5/c1-13(2)31-22(29)18(9-8-16(27)12-25-23)26-21(28)19(30-4)10-15-11-24-20-14(3)6-5-7-17(15)20/h5-7,11-13,18-19,24H,8-10H2,1-4H3,(H,26,28)/t18-,19-/m0/s1. The van der Waals surface area contributed by atoms with Gasteiger partial charge in [-0.1, -0.05) is 18.2 Å². The van der Waals surface area contributed by atoms with Crippen LogP contribution in [0.25, 0.3) is 16.4 Å². The average molecular weight is 428 g/mol. The van der Waals surface area contributed by atoms with E-state index in [0.29, 0.717) is 6.42 Å². The minimum Gasteiger partial charge on any atom is -0.461 e. The molecule has 2 aromatic rings. The van der Waals surface area contributed by atoms with Gasteiger partial charge in [-0.3, -0.25) is 9.59 Å². The molecule has 1 heterocycles. The Morgan fingerprint density at radius 2 is 2.03 bits per heavy atom. The summed E-state index contributed by atoms with van der Waals surface area (Å²) in [7, 11) is 1.42. The molecule has 2 rings (SSSR count). The highest BCUT2D eigenvalue weighted by molar-refractivity contribution is 6.25. The molecule has 1 aromatic carbocycles. The van der Waals surface area contributed by atoms with E-state index in [1.54, 1.807) is 13.8 Å². The van der Waals surface area contributed by atoms with Crippen LogP contribution in [0.3, 0.4) is 0 Å². The van der Waals surface area contributed by atoms with Crippen LogP contribution in [0.1, 0.15) is 37.8 Å². The van der Waals surface area contributed by atoms with Gasteiger partial charge in [0.1, 0.15) is 12.1 Å².